The molecule has 0 N–H and O–H groups in total. The molecule has 7 aromatic rings. The van der Waals surface area contributed by atoms with Crippen molar-refractivity contribution in [3.8, 4) is 33.5 Å². The maximum Gasteiger partial charge on any atom is 0.252 e. The van der Waals surface area contributed by atoms with Gasteiger partial charge in [-0.05, 0) is 112 Å². The third-order valence-corrected chi connectivity index (χ3v) is 11.9. The summed E-state index contributed by atoms with van der Waals surface area (Å²) >= 11 is 0. The van der Waals surface area contributed by atoms with Crippen molar-refractivity contribution in [2.45, 2.75) is 44.9 Å². The Bertz CT molecular complexity index is 2440. The highest BCUT2D eigenvalue weighted by molar-refractivity contribution is 7.00. The van der Waals surface area contributed by atoms with Crippen LogP contribution in [0, 0.1) is 0 Å². The van der Waals surface area contributed by atoms with E-state index < -0.39 is 0 Å². The molecule has 53 heavy (non-hydrogen) atoms. The molecule has 3 aliphatic rings. The summed E-state index contributed by atoms with van der Waals surface area (Å²) in [6.45, 7) is 3.28. The van der Waals surface area contributed by atoms with Gasteiger partial charge >= 0.3 is 0 Å². The third kappa shape index (κ3) is 5.39. The molecule has 0 spiro atoms. The average molecular weight is 684 g/mol. The molecule has 0 unspecified atom stereocenters. The number of nitrogens with zero attached hydrogens (tertiary/aromatic N) is 3. The molecule has 0 atom stereocenters. The summed E-state index contributed by atoms with van der Waals surface area (Å²) in [6, 6.07) is 56.3. The molecule has 3 heterocycles. The number of hydrogen-bond acceptors (Lipinski definition) is 3. The van der Waals surface area contributed by atoms with Gasteiger partial charge in [-0.25, -0.2) is 0 Å². The summed E-state index contributed by atoms with van der Waals surface area (Å²) in [6.07, 6.45) is 8.37. The normalized spacial score (nSPS) is 14.8. The zero-order chi connectivity index (χ0) is 35.3. The summed E-state index contributed by atoms with van der Waals surface area (Å²) in [7, 11) is 0. The monoisotopic (exact) mass is 683 g/mol. The fraction of sp³-hybridized carbons (Fsp3) is 0.163. The van der Waals surface area contributed by atoms with E-state index in [1.54, 1.807) is 0 Å². The van der Waals surface area contributed by atoms with Gasteiger partial charge in [0, 0.05) is 41.1 Å². The molecule has 0 amide bonds. The van der Waals surface area contributed by atoms with Gasteiger partial charge in [-0.2, -0.15) is 0 Å². The lowest BCUT2D eigenvalue weighted by Gasteiger charge is -2.45. The topological polar surface area (TPSA) is 19.4 Å². The zero-order valence-corrected chi connectivity index (χ0v) is 30.3. The van der Waals surface area contributed by atoms with Crippen LogP contribution in [0.3, 0.4) is 0 Å². The Hall–Kier alpha value is -5.87. The van der Waals surface area contributed by atoms with E-state index in [0.717, 1.165) is 23.5 Å². The van der Waals surface area contributed by atoms with Crippen molar-refractivity contribution in [2.24, 2.45) is 0 Å². The van der Waals surface area contributed by atoms with Crippen LogP contribution in [0.5, 0.6) is 0 Å². The molecule has 2 aliphatic heterocycles. The Morgan fingerprint density at radius 1 is 0.547 bits per heavy atom. The fourth-order valence-electron chi connectivity index (χ4n) is 9.41. The fourth-order valence-corrected chi connectivity index (χ4v) is 9.41. The Kier molecular flexibility index (Phi) is 7.98. The Morgan fingerprint density at radius 3 is 1.85 bits per heavy atom. The lowest BCUT2D eigenvalue weighted by atomic mass is 9.33. The maximum atomic E-state index is 4.88. The first kappa shape index (κ1) is 31.8. The van der Waals surface area contributed by atoms with Crippen molar-refractivity contribution >= 4 is 51.5 Å². The Balaban J connectivity index is 1.29. The van der Waals surface area contributed by atoms with Crippen molar-refractivity contribution in [3.63, 3.8) is 0 Å². The predicted octanol–water partition coefficient (Wildman–Crippen LogP) is 10.9. The Morgan fingerprint density at radius 2 is 1.17 bits per heavy atom. The van der Waals surface area contributed by atoms with Gasteiger partial charge < -0.3 is 9.80 Å². The quantitative estimate of drug-likeness (QED) is 0.163. The van der Waals surface area contributed by atoms with Crippen LogP contribution >= 0.6 is 0 Å². The van der Waals surface area contributed by atoms with E-state index in [2.05, 4.69) is 162 Å². The van der Waals surface area contributed by atoms with Gasteiger partial charge in [0.15, 0.2) is 0 Å². The molecule has 1 aromatic heterocycles. The first-order chi connectivity index (χ1) is 26.3. The van der Waals surface area contributed by atoms with Crippen molar-refractivity contribution in [1.82, 2.24) is 4.98 Å². The number of benzene rings is 6. The highest BCUT2D eigenvalue weighted by atomic mass is 15.2. The van der Waals surface area contributed by atoms with Gasteiger partial charge in [-0.3, -0.25) is 4.98 Å². The molecule has 0 radical (unpaired) electrons. The van der Waals surface area contributed by atoms with Crippen LogP contribution in [-0.4, -0.2) is 18.2 Å². The van der Waals surface area contributed by atoms with Gasteiger partial charge in [0.25, 0.3) is 6.71 Å². The highest BCUT2D eigenvalue weighted by Crippen LogP contribution is 2.47. The molecule has 0 saturated heterocycles. The average Bonchev–Trinajstić information content (AvgIpc) is 3.24. The van der Waals surface area contributed by atoms with Crippen LogP contribution in [0.2, 0.25) is 0 Å². The summed E-state index contributed by atoms with van der Waals surface area (Å²) in [5.41, 5.74) is 19.0. The van der Waals surface area contributed by atoms with E-state index >= 15 is 0 Å². The molecule has 4 heteroatoms. The van der Waals surface area contributed by atoms with Crippen LogP contribution in [0.25, 0.3) is 33.5 Å². The van der Waals surface area contributed by atoms with E-state index in [1.807, 2.05) is 12.3 Å². The van der Waals surface area contributed by atoms with Gasteiger partial charge in [-0.15, -0.1) is 0 Å². The first-order valence-electron chi connectivity index (χ1n) is 19.4. The third-order valence-electron chi connectivity index (χ3n) is 11.9. The summed E-state index contributed by atoms with van der Waals surface area (Å²) in [5, 5.41) is 0. The number of para-hydroxylation sites is 1. The molecular formula is C49H42BN3. The second-order valence-corrected chi connectivity index (χ2v) is 14.8. The largest absolute Gasteiger partial charge is 0.343 e. The summed E-state index contributed by atoms with van der Waals surface area (Å²) in [5.74, 6) is 0.569. The summed E-state index contributed by atoms with van der Waals surface area (Å²) < 4.78 is 0. The molecule has 1 fully saturated rings. The van der Waals surface area contributed by atoms with Crippen molar-refractivity contribution in [1.29, 1.82) is 0 Å². The number of aromatic nitrogens is 1. The number of fused-ring (bicyclic) bond motifs is 4. The second-order valence-electron chi connectivity index (χ2n) is 14.8. The van der Waals surface area contributed by atoms with Gasteiger partial charge in [0.05, 0.1) is 11.4 Å². The minimum absolute atomic E-state index is 0.0683. The van der Waals surface area contributed by atoms with Crippen LogP contribution < -0.4 is 26.2 Å². The van der Waals surface area contributed by atoms with Gasteiger partial charge in [-0.1, -0.05) is 128 Å². The van der Waals surface area contributed by atoms with Crippen LogP contribution in [0.15, 0.2) is 158 Å². The van der Waals surface area contributed by atoms with Crippen molar-refractivity contribution in [2.75, 3.05) is 16.3 Å². The van der Waals surface area contributed by atoms with Gasteiger partial charge in [0.1, 0.15) is 0 Å². The van der Waals surface area contributed by atoms with E-state index in [9.17, 15) is 0 Å². The van der Waals surface area contributed by atoms with Crippen LogP contribution in [0.4, 0.5) is 28.4 Å². The standard InChI is InChI=1S/C49H42BN3/c1-2-52-45-27-25-37(34-16-6-3-7-17-34)30-41(45)50-42-31-38(35-18-8-4-9-19-35)26-28-46(42)53(44-24-13-12-22-40(44)43-23-14-15-29-51-43)48-33-39(32-47(52)49(48)50)36-20-10-5-11-21-36/h3-4,6-9,12-19,22-33,36H,2,5,10-11,20-21H2,1H3. The minimum atomic E-state index is 0.0683. The van der Waals surface area contributed by atoms with E-state index in [1.165, 1.54) is 99.1 Å². The minimum Gasteiger partial charge on any atom is -0.343 e. The molecule has 10 rings (SSSR count). The van der Waals surface area contributed by atoms with Gasteiger partial charge in [0.2, 0.25) is 0 Å². The smallest absolute Gasteiger partial charge is 0.252 e. The molecule has 1 saturated carbocycles. The zero-order valence-electron chi connectivity index (χ0n) is 30.3. The molecule has 6 aromatic carbocycles. The lowest BCUT2D eigenvalue weighted by Crippen LogP contribution is -2.62. The van der Waals surface area contributed by atoms with Crippen molar-refractivity contribution in [3.05, 3.63) is 163 Å². The second kappa shape index (κ2) is 13.3. The van der Waals surface area contributed by atoms with Crippen LogP contribution in [0.1, 0.15) is 50.5 Å². The van der Waals surface area contributed by atoms with E-state index in [-0.39, 0.29) is 6.71 Å². The predicted molar refractivity (Wildman–Crippen MR) is 225 cm³/mol. The number of pyridine rings is 1. The number of hydrogen-bond donors (Lipinski definition) is 0. The number of anilines is 5. The number of rotatable bonds is 6. The molecule has 3 nitrogen and oxygen atoms in total. The molecule has 256 valence electrons. The molecule has 1 aliphatic carbocycles. The first-order valence-corrected chi connectivity index (χ1v) is 19.4. The maximum absolute atomic E-state index is 4.88. The molecule has 0 bridgehead atoms. The van der Waals surface area contributed by atoms with Crippen molar-refractivity contribution < 1.29 is 0 Å². The summed E-state index contributed by atoms with van der Waals surface area (Å²) in [4.78, 5) is 10.1. The Labute approximate surface area is 313 Å². The van der Waals surface area contributed by atoms with Crippen LogP contribution in [-0.2, 0) is 0 Å². The highest BCUT2D eigenvalue weighted by Gasteiger charge is 2.44. The van der Waals surface area contributed by atoms with E-state index in [4.69, 9.17) is 4.98 Å². The SMILES string of the molecule is CCN1c2ccc(-c3ccccc3)cc2B2c3cc(-c4ccccc4)ccc3N(c3ccccc3-c3ccccn3)c3cc(C4CCCCC4)cc1c32. The molecular weight excluding hydrogens is 641 g/mol. The lowest BCUT2D eigenvalue weighted by molar-refractivity contribution is 0.444. The van der Waals surface area contributed by atoms with E-state index in [0.29, 0.717) is 5.92 Å².